The van der Waals surface area contributed by atoms with Crippen LogP contribution in [0.3, 0.4) is 0 Å². The van der Waals surface area contributed by atoms with Crippen LogP contribution in [0, 0.1) is 0 Å². The molecule has 0 saturated heterocycles. The van der Waals surface area contributed by atoms with Crippen LogP contribution in [-0.4, -0.2) is 25.7 Å². The highest BCUT2D eigenvalue weighted by Crippen LogP contribution is 2.39. The lowest BCUT2D eigenvalue weighted by molar-refractivity contribution is 0.0677. The Labute approximate surface area is 99.1 Å². The maximum Gasteiger partial charge on any atom is 0.356 e. The summed E-state index contributed by atoms with van der Waals surface area (Å²) in [5, 5.41) is 19.1. The number of hydrogen-bond acceptors (Lipinski definition) is 3. The molecule has 1 atom stereocenters. The Hall–Kier alpha value is -1.36. The number of aliphatic hydroxyl groups excluding tert-OH is 1. The van der Waals surface area contributed by atoms with E-state index in [1.165, 1.54) is 6.42 Å². The first kappa shape index (κ1) is 10.8. The minimum atomic E-state index is -1.03. The zero-order valence-electron chi connectivity index (χ0n) is 9.59. The highest BCUT2D eigenvalue weighted by Gasteiger charge is 2.33. The van der Waals surface area contributed by atoms with Gasteiger partial charge in [0.05, 0.1) is 11.8 Å². The fourth-order valence-electron chi connectivity index (χ4n) is 2.77. The van der Waals surface area contributed by atoms with Crippen molar-refractivity contribution in [3.8, 4) is 0 Å². The Bertz CT molecular complexity index is 463. The standard InChI is InChI=1S/C12H16N2O3/c15-8-5-2-6-14-10(8)9(12(16)17)13-11(14)7-3-1-4-7/h7-8,15H,1-6H2,(H,16,17). The van der Waals surface area contributed by atoms with Gasteiger partial charge in [0.25, 0.3) is 0 Å². The van der Waals surface area contributed by atoms with E-state index in [2.05, 4.69) is 4.98 Å². The van der Waals surface area contributed by atoms with Crippen molar-refractivity contribution in [2.75, 3.05) is 0 Å². The number of fused-ring (bicyclic) bond motifs is 1. The average Bonchev–Trinajstić information content (AvgIpc) is 2.57. The van der Waals surface area contributed by atoms with Crippen LogP contribution in [0.2, 0.25) is 0 Å². The van der Waals surface area contributed by atoms with Crippen LogP contribution >= 0.6 is 0 Å². The molecule has 0 aromatic carbocycles. The molecule has 1 unspecified atom stereocenters. The van der Waals surface area contributed by atoms with Gasteiger partial charge in [-0.25, -0.2) is 9.78 Å². The third-order valence-corrected chi connectivity index (χ3v) is 3.88. The number of imidazole rings is 1. The molecule has 17 heavy (non-hydrogen) atoms. The van der Waals surface area contributed by atoms with Gasteiger partial charge in [0.1, 0.15) is 5.82 Å². The second-order valence-electron chi connectivity index (χ2n) is 4.95. The average molecular weight is 236 g/mol. The molecule has 0 amide bonds. The summed E-state index contributed by atoms with van der Waals surface area (Å²) in [6, 6.07) is 0. The van der Waals surface area contributed by atoms with E-state index in [1.54, 1.807) is 0 Å². The summed E-state index contributed by atoms with van der Waals surface area (Å²) >= 11 is 0. The summed E-state index contributed by atoms with van der Waals surface area (Å²) in [5.74, 6) is 0.245. The van der Waals surface area contributed by atoms with Gasteiger partial charge in [-0.15, -0.1) is 0 Å². The number of carbonyl (C=O) groups is 1. The molecule has 1 aliphatic heterocycles. The molecule has 2 aliphatic rings. The fourth-order valence-corrected chi connectivity index (χ4v) is 2.77. The molecule has 0 bridgehead atoms. The highest BCUT2D eigenvalue weighted by molar-refractivity contribution is 5.87. The van der Waals surface area contributed by atoms with E-state index in [0.29, 0.717) is 18.0 Å². The summed E-state index contributed by atoms with van der Waals surface area (Å²) in [4.78, 5) is 15.4. The van der Waals surface area contributed by atoms with Gasteiger partial charge >= 0.3 is 5.97 Å². The summed E-state index contributed by atoms with van der Waals surface area (Å²) in [7, 11) is 0. The third kappa shape index (κ3) is 1.57. The van der Waals surface area contributed by atoms with Crippen molar-refractivity contribution in [3.63, 3.8) is 0 Å². The second-order valence-corrected chi connectivity index (χ2v) is 4.95. The number of aliphatic hydroxyl groups is 1. The van der Waals surface area contributed by atoms with Gasteiger partial charge in [0, 0.05) is 12.5 Å². The number of aromatic carboxylic acids is 1. The monoisotopic (exact) mass is 236 g/mol. The van der Waals surface area contributed by atoms with Crippen molar-refractivity contribution in [2.24, 2.45) is 0 Å². The first-order valence-corrected chi connectivity index (χ1v) is 6.20. The maximum absolute atomic E-state index is 11.2. The molecular formula is C12H16N2O3. The lowest BCUT2D eigenvalue weighted by atomic mass is 9.84. The molecule has 3 rings (SSSR count). The van der Waals surface area contributed by atoms with Crippen LogP contribution in [0.15, 0.2) is 0 Å². The summed E-state index contributed by atoms with van der Waals surface area (Å²) in [6.07, 6.45) is 4.23. The number of carboxylic acid groups (broad SMARTS) is 1. The molecule has 0 radical (unpaired) electrons. The Morgan fingerprint density at radius 3 is 2.65 bits per heavy atom. The van der Waals surface area contributed by atoms with E-state index in [0.717, 1.165) is 31.6 Å². The van der Waals surface area contributed by atoms with Crippen molar-refractivity contribution in [1.82, 2.24) is 9.55 Å². The quantitative estimate of drug-likeness (QED) is 0.819. The van der Waals surface area contributed by atoms with Crippen LogP contribution in [0.1, 0.15) is 66.1 Å². The van der Waals surface area contributed by atoms with Crippen molar-refractivity contribution in [3.05, 3.63) is 17.2 Å². The molecule has 0 spiro atoms. The van der Waals surface area contributed by atoms with Crippen molar-refractivity contribution in [2.45, 2.75) is 50.7 Å². The molecule has 1 aliphatic carbocycles. The fraction of sp³-hybridized carbons (Fsp3) is 0.667. The zero-order chi connectivity index (χ0) is 12.0. The molecule has 1 aromatic heterocycles. The number of aromatic nitrogens is 2. The molecule has 5 heteroatoms. The Morgan fingerprint density at radius 2 is 2.06 bits per heavy atom. The van der Waals surface area contributed by atoms with E-state index in [4.69, 9.17) is 5.11 Å². The molecule has 1 aromatic rings. The van der Waals surface area contributed by atoms with Crippen LogP contribution in [0.4, 0.5) is 0 Å². The smallest absolute Gasteiger partial charge is 0.356 e. The molecule has 2 heterocycles. The predicted molar refractivity (Wildman–Crippen MR) is 60.0 cm³/mol. The highest BCUT2D eigenvalue weighted by atomic mass is 16.4. The van der Waals surface area contributed by atoms with Gasteiger partial charge in [-0.05, 0) is 25.7 Å². The Kier molecular flexibility index (Phi) is 2.43. The third-order valence-electron chi connectivity index (χ3n) is 3.88. The van der Waals surface area contributed by atoms with Crippen molar-refractivity contribution >= 4 is 5.97 Å². The number of carboxylic acids is 1. The minimum absolute atomic E-state index is 0.0547. The largest absolute Gasteiger partial charge is 0.476 e. The van der Waals surface area contributed by atoms with E-state index < -0.39 is 12.1 Å². The Balaban J connectivity index is 2.11. The SMILES string of the molecule is O=C(O)c1nc(C2CCC2)n2c1C(O)CCC2. The lowest BCUT2D eigenvalue weighted by Gasteiger charge is -2.28. The number of nitrogens with zero attached hydrogens (tertiary/aromatic N) is 2. The van der Waals surface area contributed by atoms with E-state index >= 15 is 0 Å². The summed E-state index contributed by atoms with van der Waals surface area (Å²) in [5.41, 5.74) is 0.574. The molecule has 92 valence electrons. The number of hydrogen-bond donors (Lipinski definition) is 2. The number of rotatable bonds is 2. The van der Waals surface area contributed by atoms with Crippen molar-refractivity contribution < 1.29 is 15.0 Å². The molecule has 1 fully saturated rings. The molecule has 2 N–H and O–H groups in total. The predicted octanol–water partition coefficient (Wildman–Crippen LogP) is 1.68. The molecular weight excluding hydrogens is 220 g/mol. The van der Waals surface area contributed by atoms with Crippen LogP contribution in [0.5, 0.6) is 0 Å². The van der Waals surface area contributed by atoms with Crippen LogP contribution < -0.4 is 0 Å². The van der Waals surface area contributed by atoms with Gasteiger partial charge in [-0.1, -0.05) is 6.42 Å². The van der Waals surface area contributed by atoms with Crippen LogP contribution in [-0.2, 0) is 6.54 Å². The molecule has 5 nitrogen and oxygen atoms in total. The molecule has 1 saturated carbocycles. The Morgan fingerprint density at radius 1 is 1.29 bits per heavy atom. The first-order valence-electron chi connectivity index (χ1n) is 6.20. The van der Waals surface area contributed by atoms with Gasteiger partial charge in [-0.2, -0.15) is 0 Å². The van der Waals surface area contributed by atoms with Crippen molar-refractivity contribution in [1.29, 1.82) is 0 Å². The van der Waals surface area contributed by atoms with Gasteiger partial charge in [-0.3, -0.25) is 0 Å². The zero-order valence-corrected chi connectivity index (χ0v) is 9.59. The van der Waals surface area contributed by atoms with Gasteiger partial charge in [0.15, 0.2) is 5.69 Å². The first-order chi connectivity index (χ1) is 8.18. The second kappa shape index (κ2) is 3.84. The maximum atomic E-state index is 11.2. The van der Waals surface area contributed by atoms with E-state index in [-0.39, 0.29) is 5.69 Å². The van der Waals surface area contributed by atoms with Gasteiger partial charge < -0.3 is 14.8 Å². The topological polar surface area (TPSA) is 75.3 Å². The van der Waals surface area contributed by atoms with Crippen LogP contribution in [0.25, 0.3) is 0 Å². The lowest BCUT2D eigenvalue weighted by Crippen LogP contribution is -2.21. The normalized spacial score (nSPS) is 24.2. The van der Waals surface area contributed by atoms with E-state index in [9.17, 15) is 9.90 Å². The van der Waals surface area contributed by atoms with E-state index in [1.807, 2.05) is 4.57 Å². The summed E-state index contributed by atoms with van der Waals surface area (Å²) < 4.78 is 1.95. The summed E-state index contributed by atoms with van der Waals surface area (Å²) in [6.45, 7) is 0.790. The van der Waals surface area contributed by atoms with Gasteiger partial charge in [0.2, 0.25) is 0 Å². The minimum Gasteiger partial charge on any atom is -0.476 e.